The van der Waals surface area contributed by atoms with Crippen molar-refractivity contribution in [3.8, 4) is 0 Å². The fraction of sp³-hybridized carbons (Fsp3) is 0.375. The van der Waals surface area contributed by atoms with Gasteiger partial charge < -0.3 is 20.3 Å². The van der Waals surface area contributed by atoms with E-state index in [1.165, 1.54) is 4.68 Å². The molecule has 3 amide bonds. The Morgan fingerprint density at radius 1 is 1.19 bits per heavy atom. The van der Waals surface area contributed by atoms with Crippen LogP contribution >= 0.6 is 11.6 Å². The van der Waals surface area contributed by atoms with Crippen LogP contribution in [0.4, 0.5) is 10.5 Å². The topological polar surface area (TPSA) is 101 Å². The van der Waals surface area contributed by atoms with Crippen molar-refractivity contribution >= 4 is 29.2 Å². The number of carbonyl (C=O) groups is 2. The number of carbonyl (C=O) groups excluding carboxylic acids is 2. The highest BCUT2D eigenvalue weighted by Crippen LogP contribution is 2.13. The number of urea groups is 1. The molecular formula is C16H19ClN6O3. The van der Waals surface area contributed by atoms with Gasteiger partial charge in [0, 0.05) is 23.8 Å². The maximum absolute atomic E-state index is 12.2. The van der Waals surface area contributed by atoms with Crippen molar-refractivity contribution in [1.29, 1.82) is 0 Å². The summed E-state index contributed by atoms with van der Waals surface area (Å²) in [5, 5.41) is 13.8. The first-order valence-electron chi connectivity index (χ1n) is 8.15. The van der Waals surface area contributed by atoms with Gasteiger partial charge in [-0.3, -0.25) is 4.79 Å². The second-order valence-electron chi connectivity index (χ2n) is 5.72. The Hall–Kier alpha value is -2.65. The van der Waals surface area contributed by atoms with E-state index in [-0.39, 0.29) is 25.0 Å². The largest absolute Gasteiger partial charge is 0.378 e. The molecular weight excluding hydrogens is 360 g/mol. The Balaban J connectivity index is 1.45. The Kier molecular flexibility index (Phi) is 6.03. The predicted octanol–water partition coefficient (Wildman–Crippen LogP) is 1.11. The molecule has 138 valence electrons. The lowest BCUT2D eigenvalue weighted by Gasteiger charge is -2.26. The van der Waals surface area contributed by atoms with E-state index >= 15 is 0 Å². The smallest absolute Gasteiger partial charge is 0.319 e. The molecule has 2 aromatic rings. The van der Waals surface area contributed by atoms with Gasteiger partial charge in [-0.05, 0) is 24.3 Å². The van der Waals surface area contributed by atoms with E-state index in [4.69, 9.17) is 16.3 Å². The molecule has 1 aliphatic heterocycles. The molecule has 0 spiro atoms. The number of anilines is 1. The SMILES string of the molecule is O=C(NCc1cn(CC(=O)N2CCOCC2)nn1)Nc1ccc(Cl)cc1. The van der Waals surface area contributed by atoms with E-state index in [9.17, 15) is 9.59 Å². The van der Waals surface area contributed by atoms with E-state index in [2.05, 4.69) is 20.9 Å². The average molecular weight is 379 g/mol. The molecule has 0 saturated carbocycles. The highest BCUT2D eigenvalue weighted by atomic mass is 35.5. The fourth-order valence-electron chi connectivity index (χ4n) is 2.43. The summed E-state index contributed by atoms with van der Waals surface area (Å²) in [5.41, 5.74) is 1.19. The first-order valence-corrected chi connectivity index (χ1v) is 8.53. The summed E-state index contributed by atoms with van der Waals surface area (Å²) in [6.45, 7) is 2.61. The molecule has 10 heteroatoms. The summed E-state index contributed by atoms with van der Waals surface area (Å²) >= 11 is 5.80. The summed E-state index contributed by atoms with van der Waals surface area (Å²) in [6, 6.07) is 6.42. The number of aromatic nitrogens is 3. The zero-order valence-corrected chi connectivity index (χ0v) is 14.8. The van der Waals surface area contributed by atoms with Gasteiger partial charge in [-0.2, -0.15) is 0 Å². The Morgan fingerprint density at radius 2 is 1.92 bits per heavy atom. The van der Waals surface area contributed by atoms with Gasteiger partial charge in [0.1, 0.15) is 12.2 Å². The van der Waals surface area contributed by atoms with Crippen LogP contribution in [0.2, 0.25) is 5.02 Å². The second kappa shape index (κ2) is 8.63. The first kappa shape index (κ1) is 18.2. The van der Waals surface area contributed by atoms with Gasteiger partial charge in [0.2, 0.25) is 5.91 Å². The number of ether oxygens (including phenoxy) is 1. The third kappa shape index (κ3) is 5.17. The van der Waals surface area contributed by atoms with Crippen molar-refractivity contribution in [3.63, 3.8) is 0 Å². The molecule has 0 radical (unpaired) electrons. The molecule has 9 nitrogen and oxygen atoms in total. The minimum Gasteiger partial charge on any atom is -0.378 e. The number of halogens is 1. The van der Waals surface area contributed by atoms with Crippen LogP contribution in [-0.2, 0) is 22.6 Å². The maximum Gasteiger partial charge on any atom is 0.319 e. The standard InChI is InChI=1S/C16H19ClN6O3/c17-12-1-3-13(4-2-12)19-16(25)18-9-14-10-23(21-20-14)11-15(24)22-5-7-26-8-6-22/h1-4,10H,5-9,11H2,(H2,18,19,25). The lowest BCUT2D eigenvalue weighted by Crippen LogP contribution is -2.42. The third-order valence-electron chi connectivity index (χ3n) is 3.78. The lowest BCUT2D eigenvalue weighted by atomic mass is 10.3. The quantitative estimate of drug-likeness (QED) is 0.811. The number of morpholine rings is 1. The Bertz CT molecular complexity index is 758. The molecule has 26 heavy (non-hydrogen) atoms. The highest BCUT2D eigenvalue weighted by Gasteiger charge is 2.17. The van der Waals surface area contributed by atoms with Crippen LogP contribution in [0, 0.1) is 0 Å². The molecule has 1 fully saturated rings. The molecule has 0 unspecified atom stereocenters. The number of amides is 3. The molecule has 2 N–H and O–H groups in total. The third-order valence-corrected chi connectivity index (χ3v) is 4.03. The first-order chi connectivity index (χ1) is 12.6. The van der Waals surface area contributed by atoms with Crippen LogP contribution in [0.25, 0.3) is 0 Å². The number of rotatable bonds is 5. The highest BCUT2D eigenvalue weighted by molar-refractivity contribution is 6.30. The minimum atomic E-state index is -0.369. The van der Waals surface area contributed by atoms with Gasteiger partial charge in [-0.15, -0.1) is 5.10 Å². The summed E-state index contributed by atoms with van der Waals surface area (Å²) in [6.07, 6.45) is 1.64. The van der Waals surface area contributed by atoms with Crippen LogP contribution in [0.3, 0.4) is 0 Å². The van der Waals surface area contributed by atoms with Gasteiger partial charge in [-0.1, -0.05) is 16.8 Å². The van der Waals surface area contributed by atoms with Gasteiger partial charge in [0.05, 0.1) is 26.0 Å². The monoisotopic (exact) mass is 378 g/mol. The van der Waals surface area contributed by atoms with E-state index in [1.54, 1.807) is 35.4 Å². The van der Waals surface area contributed by atoms with Gasteiger partial charge in [0.15, 0.2) is 0 Å². The summed E-state index contributed by atoms with van der Waals surface area (Å²) in [4.78, 5) is 25.8. The van der Waals surface area contributed by atoms with Gasteiger partial charge in [0.25, 0.3) is 0 Å². The average Bonchev–Trinajstić information content (AvgIpc) is 3.10. The molecule has 1 aliphatic rings. The summed E-state index contributed by atoms with van der Waals surface area (Å²) in [5.74, 6) is -0.0295. The van der Waals surface area contributed by atoms with Crippen molar-refractivity contribution in [3.05, 3.63) is 41.2 Å². The summed E-state index contributed by atoms with van der Waals surface area (Å²) < 4.78 is 6.69. The van der Waals surface area contributed by atoms with Gasteiger partial charge in [-0.25, -0.2) is 9.48 Å². The van der Waals surface area contributed by atoms with Crippen LogP contribution in [0.5, 0.6) is 0 Å². The van der Waals surface area contributed by atoms with Gasteiger partial charge >= 0.3 is 6.03 Å². The molecule has 0 atom stereocenters. The van der Waals surface area contributed by atoms with Crippen molar-refractivity contribution in [2.45, 2.75) is 13.1 Å². The number of benzene rings is 1. The van der Waals surface area contributed by atoms with Crippen LogP contribution in [0.1, 0.15) is 5.69 Å². The molecule has 3 rings (SSSR count). The fourth-order valence-corrected chi connectivity index (χ4v) is 2.55. The molecule has 0 aliphatic carbocycles. The van der Waals surface area contributed by atoms with E-state index in [0.29, 0.717) is 42.7 Å². The van der Waals surface area contributed by atoms with Crippen molar-refractivity contribution < 1.29 is 14.3 Å². The second-order valence-corrected chi connectivity index (χ2v) is 6.15. The number of nitrogens with one attached hydrogen (secondary N) is 2. The van der Waals surface area contributed by atoms with E-state index in [1.807, 2.05) is 0 Å². The lowest BCUT2D eigenvalue weighted by molar-refractivity contribution is -0.136. The molecule has 0 bridgehead atoms. The Labute approximate surface area is 155 Å². The zero-order chi connectivity index (χ0) is 18.4. The number of hydrogen-bond donors (Lipinski definition) is 2. The number of nitrogens with zero attached hydrogens (tertiary/aromatic N) is 4. The molecule has 2 heterocycles. The normalized spacial score (nSPS) is 14.1. The van der Waals surface area contributed by atoms with Crippen molar-refractivity contribution in [2.75, 3.05) is 31.6 Å². The number of hydrogen-bond acceptors (Lipinski definition) is 5. The van der Waals surface area contributed by atoms with Crippen LogP contribution < -0.4 is 10.6 Å². The molecule has 1 aromatic heterocycles. The zero-order valence-electron chi connectivity index (χ0n) is 14.0. The minimum absolute atomic E-state index is 0.0295. The Morgan fingerprint density at radius 3 is 2.65 bits per heavy atom. The molecule has 1 saturated heterocycles. The maximum atomic E-state index is 12.2. The summed E-state index contributed by atoms with van der Waals surface area (Å²) in [7, 11) is 0. The van der Waals surface area contributed by atoms with Crippen LogP contribution in [0.15, 0.2) is 30.5 Å². The van der Waals surface area contributed by atoms with Crippen LogP contribution in [-0.4, -0.2) is 58.1 Å². The molecule has 1 aromatic carbocycles. The predicted molar refractivity (Wildman–Crippen MR) is 94.7 cm³/mol. The van der Waals surface area contributed by atoms with Crippen molar-refractivity contribution in [1.82, 2.24) is 25.2 Å². The van der Waals surface area contributed by atoms with E-state index in [0.717, 1.165) is 0 Å². The van der Waals surface area contributed by atoms with E-state index < -0.39 is 0 Å². The van der Waals surface area contributed by atoms with Crippen molar-refractivity contribution in [2.24, 2.45) is 0 Å².